The van der Waals surface area contributed by atoms with Crippen LogP contribution >= 0.6 is 23.4 Å². The van der Waals surface area contributed by atoms with E-state index in [1.54, 1.807) is 23.8 Å². The summed E-state index contributed by atoms with van der Waals surface area (Å²) in [4.78, 5) is 28.9. The maximum absolute atomic E-state index is 13.3. The smallest absolute Gasteiger partial charge is 0.242 e. The van der Waals surface area contributed by atoms with Gasteiger partial charge in [0, 0.05) is 35.2 Å². The Labute approximate surface area is 200 Å². The Kier molecular flexibility index (Phi) is 11.5. The molecule has 2 aromatic carbocycles. The van der Waals surface area contributed by atoms with Crippen LogP contribution in [0.1, 0.15) is 45.1 Å². The molecule has 5 nitrogen and oxygen atoms in total. The lowest BCUT2D eigenvalue weighted by Crippen LogP contribution is -2.49. The zero-order valence-corrected chi connectivity index (χ0v) is 20.7. The molecule has 0 saturated carbocycles. The molecule has 0 fully saturated rings. The van der Waals surface area contributed by atoms with Crippen LogP contribution < -0.4 is 10.1 Å². The fourth-order valence-electron chi connectivity index (χ4n) is 3.32. The monoisotopic (exact) mass is 476 g/mol. The van der Waals surface area contributed by atoms with Crippen LogP contribution in [0.3, 0.4) is 0 Å². The van der Waals surface area contributed by atoms with Gasteiger partial charge in [0.15, 0.2) is 0 Å². The number of benzene rings is 2. The predicted molar refractivity (Wildman–Crippen MR) is 132 cm³/mol. The topological polar surface area (TPSA) is 58.6 Å². The number of carbonyl (C=O) groups is 2. The average molecular weight is 477 g/mol. The number of nitrogens with zero attached hydrogens (tertiary/aromatic N) is 1. The summed E-state index contributed by atoms with van der Waals surface area (Å²) >= 11 is 7.55. The minimum absolute atomic E-state index is 0.0354. The summed E-state index contributed by atoms with van der Waals surface area (Å²) in [5.41, 5.74) is 0.933. The third kappa shape index (κ3) is 8.40. The van der Waals surface area contributed by atoms with E-state index in [0.29, 0.717) is 36.7 Å². The van der Waals surface area contributed by atoms with Crippen molar-refractivity contribution in [1.29, 1.82) is 0 Å². The van der Waals surface area contributed by atoms with Crippen LogP contribution in [-0.4, -0.2) is 42.2 Å². The summed E-state index contributed by atoms with van der Waals surface area (Å²) in [6.45, 7) is 5.01. The Hall–Kier alpha value is -2.18. The van der Waals surface area contributed by atoms with E-state index >= 15 is 0 Å². The first-order chi connectivity index (χ1) is 15.5. The lowest BCUT2D eigenvalue weighted by atomic mass is 10.1. The van der Waals surface area contributed by atoms with Crippen LogP contribution in [0.2, 0.25) is 5.02 Å². The molecule has 2 aromatic rings. The van der Waals surface area contributed by atoms with Crippen LogP contribution in [0, 0.1) is 0 Å². The number of unbranched alkanes of at least 4 members (excludes halogenated alkanes) is 1. The number of ether oxygens (including phenoxy) is 1. The molecule has 1 N–H and O–H groups in total. The van der Waals surface area contributed by atoms with E-state index in [2.05, 4.69) is 12.2 Å². The van der Waals surface area contributed by atoms with Crippen molar-refractivity contribution in [3.63, 3.8) is 0 Å². The lowest BCUT2D eigenvalue weighted by molar-refractivity contribution is -0.141. The maximum atomic E-state index is 13.3. The van der Waals surface area contributed by atoms with Gasteiger partial charge in [0.25, 0.3) is 0 Å². The highest BCUT2D eigenvalue weighted by Gasteiger charge is 2.28. The van der Waals surface area contributed by atoms with Gasteiger partial charge in [-0.1, -0.05) is 44.0 Å². The van der Waals surface area contributed by atoms with Gasteiger partial charge in [-0.25, -0.2) is 0 Å². The molecule has 0 aliphatic carbocycles. The van der Waals surface area contributed by atoms with Gasteiger partial charge >= 0.3 is 0 Å². The van der Waals surface area contributed by atoms with E-state index in [1.807, 2.05) is 55.5 Å². The zero-order valence-electron chi connectivity index (χ0n) is 19.1. The summed E-state index contributed by atoms with van der Waals surface area (Å²) < 4.78 is 5.32. The van der Waals surface area contributed by atoms with Gasteiger partial charge in [0.1, 0.15) is 11.8 Å². The van der Waals surface area contributed by atoms with Crippen LogP contribution in [0.5, 0.6) is 5.75 Å². The van der Waals surface area contributed by atoms with Crippen molar-refractivity contribution in [2.45, 2.75) is 57.0 Å². The van der Waals surface area contributed by atoms with Gasteiger partial charge in [0.05, 0.1) is 7.11 Å². The van der Waals surface area contributed by atoms with Gasteiger partial charge in [-0.05, 0) is 54.8 Å². The molecule has 7 heteroatoms. The van der Waals surface area contributed by atoms with Crippen molar-refractivity contribution in [2.75, 3.05) is 19.4 Å². The van der Waals surface area contributed by atoms with Crippen molar-refractivity contribution in [3.8, 4) is 5.75 Å². The molecule has 0 bridgehead atoms. The van der Waals surface area contributed by atoms with Gasteiger partial charge in [-0.2, -0.15) is 0 Å². The number of carbonyl (C=O) groups excluding carboxylic acids is 2. The maximum Gasteiger partial charge on any atom is 0.242 e. The van der Waals surface area contributed by atoms with Gasteiger partial charge in [0.2, 0.25) is 11.8 Å². The molecule has 174 valence electrons. The summed E-state index contributed by atoms with van der Waals surface area (Å²) in [6, 6.07) is 14.7. The SMILES string of the molecule is CCCCNC(=O)[C@@H](CC)N(Cc1cccc(OC)c1)C(=O)CCSc1ccc(Cl)cc1. The molecule has 0 saturated heterocycles. The van der Waals surface area contributed by atoms with Crippen molar-refractivity contribution in [3.05, 3.63) is 59.1 Å². The Bertz CT molecular complexity index is 861. The van der Waals surface area contributed by atoms with Crippen LogP contribution in [0.15, 0.2) is 53.4 Å². The van der Waals surface area contributed by atoms with Gasteiger partial charge < -0.3 is 15.0 Å². The minimum Gasteiger partial charge on any atom is -0.497 e. The number of methoxy groups -OCH3 is 1. The van der Waals surface area contributed by atoms with E-state index in [4.69, 9.17) is 16.3 Å². The highest BCUT2D eigenvalue weighted by atomic mass is 35.5. The number of nitrogens with one attached hydrogen (secondary N) is 1. The Morgan fingerprint density at radius 1 is 1.16 bits per heavy atom. The molecule has 0 aromatic heterocycles. The molecule has 0 radical (unpaired) electrons. The first-order valence-corrected chi connectivity index (χ1v) is 12.4. The normalized spacial score (nSPS) is 11.6. The summed E-state index contributed by atoms with van der Waals surface area (Å²) in [7, 11) is 1.62. The van der Waals surface area contributed by atoms with E-state index < -0.39 is 6.04 Å². The predicted octanol–water partition coefficient (Wildman–Crippen LogP) is 5.55. The zero-order chi connectivity index (χ0) is 23.3. The molecular formula is C25H33ClN2O3S. The molecule has 0 unspecified atom stereocenters. The van der Waals surface area contributed by atoms with Crippen molar-refractivity contribution in [1.82, 2.24) is 10.2 Å². The largest absolute Gasteiger partial charge is 0.497 e. The number of hydrogen-bond acceptors (Lipinski definition) is 4. The Morgan fingerprint density at radius 3 is 2.56 bits per heavy atom. The van der Waals surface area contributed by atoms with E-state index in [9.17, 15) is 9.59 Å². The minimum atomic E-state index is -0.508. The van der Waals surface area contributed by atoms with E-state index in [1.165, 1.54) is 0 Å². The summed E-state index contributed by atoms with van der Waals surface area (Å²) in [5, 5.41) is 3.68. The fourth-order valence-corrected chi connectivity index (χ4v) is 4.29. The first kappa shape index (κ1) is 26.1. The molecule has 0 aliphatic rings. The highest BCUT2D eigenvalue weighted by molar-refractivity contribution is 7.99. The highest BCUT2D eigenvalue weighted by Crippen LogP contribution is 2.23. The van der Waals surface area contributed by atoms with Crippen molar-refractivity contribution >= 4 is 35.2 Å². The van der Waals surface area contributed by atoms with Crippen molar-refractivity contribution < 1.29 is 14.3 Å². The summed E-state index contributed by atoms with van der Waals surface area (Å²) in [6.07, 6.45) is 2.82. The van der Waals surface area contributed by atoms with Gasteiger partial charge in [-0.15, -0.1) is 11.8 Å². The average Bonchev–Trinajstić information content (AvgIpc) is 2.80. The molecule has 1 atom stereocenters. The Balaban J connectivity index is 2.12. The molecular weight excluding hydrogens is 444 g/mol. The Morgan fingerprint density at radius 2 is 1.91 bits per heavy atom. The molecule has 2 amide bonds. The molecule has 0 heterocycles. The second kappa shape index (κ2) is 14.1. The second-order valence-electron chi connectivity index (χ2n) is 7.49. The van der Waals surface area contributed by atoms with E-state index in [-0.39, 0.29) is 11.8 Å². The number of hydrogen-bond donors (Lipinski definition) is 1. The summed E-state index contributed by atoms with van der Waals surface area (Å²) in [5.74, 6) is 1.23. The van der Waals surface area contributed by atoms with Crippen LogP contribution in [0.25, 0.3) is 0 Å². The number of halogens is 1. The van der Waals surface area contributed by atoms with Crippen molar-refractivity contribution in [2.24, 2.45) is 0 Å². The standard InChI is InChI=1S/C25H33ClN2O3S/c1-4-6-15-27-25(30)23(5-2)28(18-19-8-7-9-21(17-19)31-3)24(29)14-16-32-22-12-10-20(26)11-13-22/h7-13,17,23H,4-6,14-16,18H2,1-3H3,(H,27,30)/t23-/m1/s1. The second-order valence-corrected chi connectivity index (χ2v) is 9.10. The number of amides is 2. The van der Waals surface area contributed by atoms with Crippen LogP contribution in [0.4, 0.5) is 0 Å². The number of thioether (sulfide) groups is 1. The lowest BCUT2D eigenvalue weighted by Gasteiger charge is -2.31. The van der Waals surface area contributed by atoms with Crippen LogP contribution in [-0.2, 0) is 16.1 Å². The third-order valence-electron chi connectivity index (χ3n) is 5.10. The molecule has 0 aliphatic heterocycles. The van der Waals surface area contributed by atoms with E-state index in [0.717, 1.165) is 29.1 Å². The quantitative estimate of drug-likeness (QED) is 0.304. The molecule has 32 heavy (non-hydrogen) atoms. The fraction of sp³-hybridized carbons (Fsp3) is 0.440. The number of rotatable bonds is 13. The molecule has 2 rings (SSSR count). The first-order valence-electron chi connectivity index (χ1n) is 11.1. The third-order valence-corrected chi connectivity index (χ3v) is 6.37. The molecule has 0 spiro atoms. The van der Waals surface area contributed by atoms with Gasteiger partial charge in [-0.3, -0.25) is 9.59 Å².